The van der Waals surface area contributed by atoms with Gasteiger partial charge < -0.3 is 5.11 Å². The molecule has 2 amide bonds. The molecule has 0 rings (SSSR count). The molecule has 1 unspecified atom stereocenters. The van der Waals surface area contributed by atoms with Gasteiger partial charge in [-0.25, -0.2) is 0 Å². The number of hydrogen-bond acceptors (Lipinski definition) is 4. The number of amides is 2. The molecule has 0 fully saturated rings. The van der Waals surface area contributed by atoms with Crippen LogP contribution in [0.2, 0.25) is 0 Å². The second kappa shape index (κ2) is 7.64. The number of thioether (sulfide) groups is 1. The fourth-order valence-corrected chi connectivity index (χ4v) is 1.48. The molecule has 14 heavy (non-hydrogen) atoms. The van der Waals surface area contributed by atoms with Crippen molar-refractivity contribution in [3.8, 4) is 0 Å². The van der Waals surface area contributed by atoms with Gasteiger partial charge in [-0.05, 0) is 11.7 Å². The summed E-state index contributed by atoms with van der Waals surface area (Å²) in [5, 5.41) is 8.71. The highest BCUT2D eigenvalue weighted by atomic mass is 32.2. The highest BCUT2D eigenvalue weighted by Gasteiger charge is 2.04. The van der Waals surface area contributed by atoms with Crippen LogP contribution < -0.4 is 10.9 Å². The number of hydrogen-bond donors (Lipinski definition) is 3. The molecule has 0 bridgehead atoms. The van der Waals surface area contributed by atoms with Gasteiger partial charge in [0.25, 0.3) is 0 Å². The monoisotopic (exact) mass is 220 g/mol. The molecular weight excluding hydrogens is 204 g/mol. The van der Waals surface area contributed by atoms with Crippen molar-refractivity contribution in [3.05, 3.63) is 0 Å². The summed E-state index contributed by atoms with van der Waals surface area (Å²) in [5.41, 5.74) is 4.45. The van der Waals surface area contributed by atoms with E-state index in [-0.39, 0.29) is 30.1 Å². The van der Waals surface area contributed by atoms with Crippen LogP contribution in [-0.2, 0) is 9.59 Å². The molecule has 0 aromatic carbocycles. The second-order valence-electron chi connectivity index (χ2n) is 3.03. The Morgan fingerprint density at radius 2 is 2.07 bits per heavy atom. The van der Waals surface area contributed by atoms with Crippen molar-refractivity contribution < 1.29 is 14.7 Å². The molecule has 6 heteroatoms. The molecule has 82 valence electrons. The molecular formula is C8H16N2O3S. The Morgan fingerprint density at radius 1 is 1.43 bits per heavy atom. The molecule has 0 aliphatic rings. The lowest BCUT2D eigenvalue weighted by Gasteiger charge is -2.07. The number of carbonyl (C=O) groups is 2. The first-order chi connectivity index (χ1) is 6.56. The molecule has 5 nitrogen and oxygen atoms in total. The van der Waals surface area contributed by atoms with Gasteiger partial charge in [-0.1, -0.05) is 6.92 Å². The van der Waals surface area contributed by atoms with E-state index in [1.807, 2.05) is 6.92 Å². The van der Waals surface area contributed by atoms with Crippen molar-refractivity contribution in [2.45, 2.75) is 13.8 Å². The van der Waals surface area contributed by atoms with Gasteiger partial charge in [0.1, 0.15) is 0 Å². The maximum Gasteiger partial charge on any atom is 0.248 e. The average molecular weight is 220 g/mol. The maximum absolute atomic E-state index is 11.0. The summed E-state index contributed by atoms with van der Waals surface area (Å²) in [6.45, 7) is 3.35. The van der Waals surface area contributed by atoms with Gasteiger partial charge in [0.2, 0.25) is 11.8 Å². The van der Waals surface area contributed by atoms with E-state index >= 15 is 0 Å². The summed E-state index contributed by atoms with van der Waals surface area (Å²) in [6.07, 6.45) is 0. The Labute approximate surface area is 87.6 Å². The molecule has 1 atom stereocenters. The minimum absolute atomic E-state index is 0.125. The van der Waals surface area contributed by atoms with Gasteiger partial charge in [0.15, 0.2) is 0 Å². The largest absolute Gasteiger partial charge is 0.396 e. The van der Waals surface area contributed by atoms with Gasteiger partial charge in [-0.15, -0.1) is 0 Å². The van der Waals surface area contributed by atoms with Gasteiger partial charge in [-0.2, -0.15) is 11.8 Å². The zero-order chi connectivity index (χ0) is 11.0. The summed E-state index contributed by atoms with van der Waals surface area (Å²) >= 11 is 1.42. The molecule has 0 saturated heterocycles. The van der Waals surface area contributed by atoms with E-state index in [2.05, 4.69) is 10.9 Å². The van der Waals surface area contributed by atoms with Crippen molar-refractivity contribution in [2.24, 2.45) is 5.92 Å². The van der Waals surface area contributed by atoms with Gasteiger partial charge in [0.05, 0.1) is 5.75 Å². The fraction of sp³-hybridized carbons (Fsp3) is 0.750. The quantitative estimate of drug-likeness (QED) is 0.547. The molecule has 0 aromatic rings. The SMILES string of the molecule is CC(=O)NNC(=O)CSCC(C)CO. The van der Waals surface area contributed by atoms with E-state index in [4.69, 9.17) is 5.11 Å². The number of nitrogens with one attached hydrogen (secondary N) is 2. The molecule has 3 N–H and O–H groups in total. The van der Waals surface area contributed by atoms with Gasteiger partial charge >= 0.3 is 0 Å². The van der Waals surface area contributed by atoms with E-state index in [0.29, 0.717) is 0 Å². The Kier molecular flexibility index (Phi) is 7.23. The summed E-state index contributed by atoms with van der Waals surface area (Å²) in [7, 11) is 0. The van der Waals surface area contributed by atoms with Crippen LogP contribution in [0, 0.1) is 5.92 Å². The van der Waals surface area contributed by atoms with Crippen LogP contribution in [0.1, 0.15) is 13.8 Å². The van der Waals surface area contributed by atoms with Crippen molar-refractivity contribution >= 4 is 23.6 Å². The van der Waals surface area contributed by atoms with Gasteiger partial charge in [0, 0.05) is 13.5 Å². The predicted molar refractivity (Wildman–Crippen MR) is 55.5 cm³/mol. The Balaban J connectivity index is 3.40. The first-order valence-electron chi connectivity index (χ1n) is 4.30. The molecule has 0 heterocycles. The Bertz CT molecular complexity index is 199. The molecule has 0 aliphatic heterocycles. The van der Waals surface area contributed by atoms with E-state index in [0.717, 1.165) is 5.75 Å². The summed E-state index contributed by atoms with van der Waals surface area (Å²) in [5.74, 6) is 0.658. The van der Waals surface area contributed by atoms with Crippen molar-refractivity contribution in [1.29, 1.82) is 0 Å². The number of carbonyl (C=O) groups excluding carboxylic acids is 2. The van der Waals surface area contributed by atoms with Gasteiger partial charge in [-0.3, -0.25) is 20.4 Å². The predicted octanol–water partition coefficient (Wildman–Crippen LogP) is -0.485. The molecule has 0 spiro atoms. The van der Waals surface area contributed by atoms with Crippen molar-refractivity contribution in [1.82, 2.24) is 10.9 Å². The number of rotatable bonds is 5. The lowest BCUT2D eigenvalue weighted by molar-refractivity contribution is -0.126. The van der Waals surface area contributed by atoms with E-state index in [1.165, 1.54) is 18.7 Å². The Hall–Kier alpha value is -0.750. The minimum Gasteiger partial charge on any atom is -0.396 e. The first-order valence-corrected chi connectivity index (χ1v) is 5.45. The number of hydrazine groups is 1. The molecule has 0 radical (unpaired) electrons. The van der Waals surface area contributed by atoms with Crippen LogP contribution in [0.25, 0.3) is 0 Å². The molecule has 0 aromatic heterocycles. The third-order valence-electron chi connectivity index (χ3n) is 1.33. The highest BCUT2D eigenvalue weighted by molar-refractivity contribution is 7.99. The third-order valence-corrected chi connectivity index (χ3v) is 2.60. The third kappa shape index (κ3) is 7.88. The van der Waals surface area contributed by atoms with E-state index in [1.54, 1.807) is 0 Å². The van der Waals surface area contributed by atoms with E-state index < -0.39 is 0 Å². The zero-order valence-corrected chi connectivity index (χ0v) is 9.19. The topological polar surface area (TPSA) is 78.4 Å². The Morgan fingerprint density at radius 3 is 2.57 bits per heavy atom. The normalized spacial score (nSPS) is 11.9. The van der Waals surface area contributed by atoms with Crippen molar-refractivity contribution in [3.63, 3.8) is 0 Å². The lowest BCUT2D eigenvalue weighted by atomic mass is 10.2. The maximum atomic E-state index is 11.0. The zero-order valence-electron chi connectivity index (χ0n) is 8.37. The lowest BCUT2D eigenvalue weighted by Crippen LogP contribution is -2.41. The number of aliphatic hydroxyl groups excluding tert-OH is 1. The molecule has 0 saturated carbocycles. The standard InChI is InChI=1S/C8H16N2O3S/c1-6(3-11)4-14-5-8(13)10-9-7(2)12/h6,11H,3-5H2,1-2H3,(H,9,12)(H,10,13). The first kappa shape index (κ1) is 13.2. The van der Waals surface area contributed by atoms with Crippen LogP contribution >= 0.6 is 11.8 Å². The van der Waals surface area contributed by atoms with Crippen LogP contribution in [0.3, 0.4) is 0 Å². The average Bonchev–Trinajstić information content (AvgIpc) is 2.14. The highest BCUT2D eigenvalue weighted by Crippen LogP contribution is 2.06. The second-order valence-corrected chi connectivity index (χ2v) is 4.06. The van der Waals surface area contributed by atoms with Crippen LogP contribution in [0.4, 0.5) is 0 Å². The van der Waals surface area contributed by atoms with Crippen LogP contribution in [-0.4, -0.2) is 35.0 Å². The number of aliphatic hydroxyl groups is 1. The fourth-order valence-electron chi connectivity index (χ4n) is 0.599. The van der Waals surface area contributed by atoms with Crippen LogP contribution in [0.15, 0.2) is 0 Å². The van der Waals surface area contributed by atoms with Crippen LogP contribution in [0.5, 0.6) is 0 Å². The summed E-state index contributed by atoms with van der Waals surface area (Å²) < 4.78 is 0. The van der Waals surface area contributed by atoms with Crippen molar-refractivity contribution in [2.75, 3.05) is 18.1 Å². The smallest absolute Gasteiger partial charge is 0.248 e. The summed E-state index contributed by atoms with van der Waals surface area (Å²) in [6, 6.07) is 0. The summed E-state index contributed by atoms with van der Waals surface area (Å²) in [4.78, 5) is 21.4. The van der Waals surface area contributed by atoms with E-state index in [9.17, 15) is 9.59 Å². The minimum atomic E-state index is -0.299. The molecule has 0 aliphatic carbocycles.